The minimum Gasteiger partial charge on any atom is -0.480 e. The number of carbonyl (C=O) groups excluding carboxylic acids is 1. The van der Waals surface area contributed by atoms with Crippen molar-refractivity contribution in [1.82, 2.24) is 5.32 Å². The van der Waals surface area contributed by atoms with E-state index in [2.05, 4.69) is 5.32 Å². The molecule has 1 amide bonds. The normalized spacial score (nSPS) is 11.7. The number of rotatable bonds is 6. The average Bonchev–Trinajstić information content (AvgIpc) is 2.37. The van der Waals surface area contributed by atoms with Gasteiger partial charge in [0, 0.05) is 6.54 Å². The quantitative estimate of drug-likeness (QED) is 0.824. The molecule has 0 spiro atoms. The predicted octanol–water partition coefficient (Wildman–Crippen LogP) is 1.99. The highest BCUT2D eigenvalue weighted by Gasteiger charge is 2.18. The lowest BCUT2D eigenvalue weighted by atomic mass is 10.1. The molecule has 19 heavy (non-hydrogen) atoms. The van der Waals surface area contributed by atoms with Gasteiger partial charge in [-0.25, -0.2) is 4.79 Å². The molecule has 0 saturated heterocycles. The minimum atomic E-state index is -1.07. The Kier molecular flexibility index (Phi) is 5.36. The number of benzene rings is 1. The lowest BCUT2D eigenvalue weighted by molar-refractivity contribution is -0.127. The van der Waals surface area contributed by atoms with Gasteiger partial charge < -0.3 is 15.2 Å². The SMILES string of the molecule is CCCNC(=O)C(C)Oc1ccc(C)cc1C(=O)O. The van der Waals surface area contributed by atoms with E-state index >= 15 is 0 Å². The van der Waals surface area contributed by atoms with Crippen LogP contribution in [0.2, 0.25) is 0 Å². The van der Waals surface area contributed by atoms with Gasteiger partial charge >= 0.3 is 5.97 Å². The van der Waals surface area contributed by atoms with Crippen LogP contribution in [0.3, 0.4) is 0 Å². The van der Waals surface area contributed by atoms with Crippen molar-refractivity contribution in [3.8, 4) is 5.75 Å². The number of ether oxygens (including phenoxy) is 1. The molecule has 0 radical (unpaired) electrons. The average molecular weight is 265 g/mol. The smallest absolute Gasteiger partial charge is 0.339 e. The number of nitrogens with one attached hydrogen (secondary N) is 1. The number of carboxylic acid groups (broad SMARTS) is 1. The van der Waals surface area contributed by atoms with E-state index in [4.69, 9.17) is 9.84 Å². The number of hydrogen-bond donors (Lipinski definition) is 2. The van der Waals surface area contributed by atoms with Gasteiger partial charge in [0.05, 0.1) is 0 Å². The monoisotopic (exact) mass is 265 g/mol. The molecule has 1 rings (SSSR count). The summed E-state index contributed by atoms with van der Waals surface area (Å²) in [5.74, 6) is -1.11. The van der Waals surface area contributed by atoms with Gasteiger partial charge in [-0.2, -0.15) is 0 Å². The number of carbonyl (C=O) groups is 2. The summed E-state index contributed by atoms with van der Waals surface area (Å²) in [5.41, 5.74) is 0.892. The summed E-state index contributed by atoms with van der Waals surface area (Å²) >= 11 is 0. The fourth-order valence-corrected chi connectivity index (χ4v) is 1.55. The fraction of sp³-hybridized carbons (Fsp3) is 0.429. The molecule has 2 N–H and O–H groups in total. The van der Waals surface area contributed by atoms with Crippen LogP contribution in [-0.4, -0.2) is 29.6 Å². The van der Waals surface area contributed by atoms with Gasteiger partial charge in [0.1, 0.15) is 11.3 Å². The summed E-state index contributed by atoms with van der Waals surface area (Å²) in [6.45, 7) is 5.92. The summed E-state index contributed by atoms with van der Waals surface area (Å²) in [5, 5.41) is 11.8. The second-order valence-corrected chi connectivity index (χ2v) is 4.36. The van der Waals surface area contributed by atoms with E-state index in [1.165, 1.54) is 6.07 Å². The third-order valence-electron chi connectivity index (χ3n) is 2.59. The van der Waals surface area contributed by atoms with Crippen LogP contribution in [0.1, 0.15) is 36.2 Å². The maximum atomic E-state index is 11.7. The van der Waals surface area contributed by atoms with Gasteiger partial charge in [0.2, 0.25) is 0 Å². The highest BCUT2D eigenvalue weighted by Crippen LogP contribution is 2.21. The molecule has 1 aromatic rings. The first-order valence-corrected chi connectivity index (χ1v) is 6.24. The molecule has 0 aliphatic carbocycles. The standard InChI is InChI=1S/C14H19NO4/c1-4-7-15-13(16)10(3)19-12-6-5-9(2)8-11(12)14(17)18/h5-6,8,10H,4,7H2,1-3H3,(H,15,16)(H,17,18). The molecule has 0 aliphatic rings. The summed E-state index contributed by atoms with van der Waals surface area (Å²) in [6.07, 6.45) is 0.107. The van der Waals surface area contributed by atoms with Crippen molar-refractivity contribution >= 4 is 11.9 Å². The van der Waals surface area contributed by atoms with Crippen LogP contribution < -0.4 is 10.1 Å². The molecule has 1 unspecified atom stereocenters. The number of amides is 1. The minimum absolute atomic E-state index is 0.0649. The predicted molar refractivity (Wildman–Crippen MR) is 71.5 cm³/mol. The van der Waals surface area contributed by atoms with Crippen LogP contribution in [0.5, 0.6) is 5.75 Å². The van der Waals surface area contributed by atoms with Crippen molar-refractivity contribution in [1.29, 1.82) is 0 Å². The zero-order chi connectivity index (χ0) is 14.4. The summed E-state index contributed by atoms with van der Waals surface area (Å²) in [6, 6.07) is 4.84. The lowest BCUT2D eigenvalue weighted by Crippen LogP contribution is -2.36. The Morgan fingerprint density at radius 2 is 2.11 bits per heavy atom. The molecule has 1 atom stereocenters. The largest absolute Gasteiger partial charge is 0.480 e. The Morgan fingerprint density at radius 1 is 1.42 bits per heavy atom. The molecule has 0 saturated carbocycles. The molecule has 0 aliphatic heterocycles. The molecule has 5 nitrogen and oxygen atoms in total. The van der Waals surface area contributed by atoms with Crippen molar-refractivity contribution < 1.29 is 19.4 Å². The molecular weight excluding hydrogens is 246 g/mol. The summed E-state index contributed by atoms with van der Waals surface area (Å²) in [4.78, 5) is 22.8. The molecule has 0 bridgehead atoms. The van der Waals surface area contributed by atoms with Gasteiger partial charge in [-0.3, -0.25) is 4.79 Å². The van der Waals surface area contributed by atoms with E-state index in [1.807, 2.05) is 6.92 Å². The first kappa shape index (κ1) is 15.0. The van der Waals surface area contributed by atoms with Gasteiger partial charge in [0.15, 0.2) is 6.10 Å². The topological polar surface area (TPSA) is 75.6 Å². The zero-order valence-corrected chi connectivity index (χ0v) is 11.4. The maximum Gasteiger partial charge on any atom is 0.339 e. The number of hydrogen-bond acceptors (Lipinski definition) is 3. The van der Waals surface area contributed by atoms with Crippen molar-refractivity contribution in [2.45, 2.75) is 33.3 Å². The maximum absolute atomic E-state index is 11.7. The van der Waals surface area contributed by atoms with Crippen LogP contribution in [0.15, 0.2) is 18.2 Å². The Balaban J connectivity index is 2.81. The molecule has 0 heterocycles. The molecule has 5 heteroatoms. The Hall–Kier alpha value is -2.04. The first-order valence-electron chi connectivity index (χ1n) is 6.24. The van der Waals surface area contributed by atoms with Gasteiger partial charge in [-0.05, 0) is 32.4 Å². The lowest BCUT2D eigenvalue weighted by Gasteiger charge is -2.16. The van der Waals surface area contributed by atoms with Crippen molar-refractivity contribution in [3.63, 3.8) is 0 Å². The molecule has 0 aromatic heterocycles. The number of carboxylic acids is 1. The highest BCUT2D eigenvalue weighted by molar-refractivity contribution is 5.91. The van der Waals surface area contributed by atoms with E-state index in [0.717, 1.165) is 12.0 Å². The number of aryl methyl sites for hydroxylation is 1. The number of aromatic carboxylic acids is 1. The third kappa shape index (κ3) is 4.28. The van der Waals surface area contributed by atoms with Gasteiger partial charge in [0.25, 0.3) is 5.91 Å². The summed E-state index contributed by atoms with van der Waals surface area (Å²) < 4.78 is 5.43. The molecule has 1 aromatic carbocycles. The van der Waals surface area contributed by atoms with Gasteiger partial charge in [-0.1, -0.05) is 18.6 Å². The van der Waals surface area contributed by atoms with E-state index in [9.17, 15) is 9.59 Å². The van der Waals surface area contributed by atoms with Crippen LogP contribution >= 0.6 is 0 Å². The van der Waals surface area contributed by atoms with Crippen LogP contribution in [0.25, 0.3) is 0 Å². The van der Waals surface area contributed by atoms with E-state index in [1.54, 1.807) is 26.0 Å². The van der Waals surface area contributed by atoms with Crippen LogP contribution in [0, 0.1) is 6.92 Å². The van der Waals surface area contributed by atoms with E-state index in [0.29, 0.717) is 6.54 Å². The fourth-order valence-electron chi connectivity index (χ4n) is 1.55. The zero-order valence-electron chi connectivity index (χ0n) is 11.4. The Bertz CT molecular complexity index is 471. The Labute approximate surface area is 112 Å². The summed E-state index contributed by atoms with van der Waals surface area (Å²) in [7, 11) is 0. The molecule has 0 fully saturated rings. The second kappa shape index (κ2) is 6.78. The molecular formula is C14H19NO4. The van der Waals surface area contributed by atoms with Crippen molar-refractivity contribution in [2.75, 3.05) is 6.54 Å². The first-order chi connectivity index (χ1) is 8.95. The van der Waals surface area contributed by atoms with Gasteiger partial charge in [-0.15, -0.1) is 0 Å². The van der Waals surface area contributed by atoms with Crippen LogP contribution in [-0.2, 0) is 4.79 Å². The third-order valence-corrected chi connectivity index (χ3v) is 2.59. The van der Waals surface area contributed by atoms with E-state index in [-0.39, 0.29) is 17.2 Å². The molecule has 104 valence electrons. The highest BCUT2D eigenvalue weighted by atomic mass is 16.5. The van der Waals surface area contributed by atoms with E-state index < -0.39 is 12.1 Å². The van der Waals surface area contributed by atoms with Crippen molar-refractivity contribution in [3.05, 3.63) is 29.3 Å². The second-order valence-electron chi connectivity index (χ2n) is 4.36. The Morgan fingerprint density at radius 3 is 2.68 bits per heavy atom. The van der Waals surface area contributed by atoms with Crippen LogP contribution in [0.4, 0.5) is 0 Å². The van der Waals surface area contributed by atoms with Crippen molar-refractivity contribution in [2.24, 2.45) is 0 Å².